The van der Waals surface area contributed by atoms with Crippen molar-refractivity contribution in [2.75, 3.05) is 5.43 Å². The Kier molecular flexibility index (Phi) is 2.49. The number of anilines is 1. The van der Waals surface area contributed by atoms with Gasteiger partial charge in [-0.25, -0.2) is 0 Å². The van der Waals surface area contributed by atoms with Gasteiger partial charge in [0.15, 0.2) is 0 Å². The monoisotopic (exact) mass is 272 g/mol. The number of hydrogen-bond acceptors (Lipinski definition) is 4. The van der Waals surface area contributed by atoms with Gasteiger partial charge in [0.2, 0.25) is 5.91 Å². The van der Waals surface area contributed by atoms with E-state index in [0.717, 1.165) is 18.5 Å². The Balaban J connectivity index is 1.46. The van der Waals surface area contributed by atoms with E-state index in [1.54, 1.807) is 0 Å². The molecular weight excluding hydrogens is 256 g/mol. The smallest absolute Gasteiger partial charge is 0.310 e. The SMILES string of the molecule is O=C(NNc1ccccc1)C1C2CC3OC(=O)C1C3C2. The number of rotatable bonds is 3. The van der Waals surface area contributed by atoms with Crippen LogP contribution in [0.3, 0.4) is 0 Å². The first-order chi connectivity index (χ1) is 9.74. The Labute approximate surface area is 116 Å². The van der Waals surface area contributed by atoms with Gasteiger partial charge in [0.25, 0.3) is 0 Å². The molecule has 0 aromatic heterocycles. The number of esters is 1. The molecule has 1 heterocycles. The predicted octanol–water partition coefficient (Wildman–Crippen LogP) is 1.33. The van der Waals surface area contributed by atoms with Crippen LogP contribution < -0.4 is 10.9 Å². The van der Waals surface area contributed by atoms with Crippen molar-refractivity contribution in [2.24, 2.45) is 23.7 Å². The average Bonchev–Trinajstić information content (AvgIpc) is 3.07. The predicted molar refractivity (Wildman–Crippen MR) is 71.3 cm³/mol. The van der Waals surface area contributed by atoms with Gasteiger partial charge in [-0.05, 0) is 30.9 Å². The largest absolute Gasteiger partial charge is 0.462 e. The normalized spacial score (nSPS) is 36.8. The van der Waals surface area contributed by atoms with E-state index in [9.17, 15) is 9.59 Å². The van der Waals surface area contributed by atoms with E-state index in [1.165, 1.54) is 0 Å². The Morgan fingerprint density at radius 3 is 2.80 bits per heavy atom. The van der Waals surface area contributed by atoms with Crippen LogP contribution in [-0.4, -0.2) is 18.0 Å². The van der Waals surface area contributed by atoms with Crippen LogP contribution in [0.1, 0.15) is 12.8 Å². The average molecular weight is 272 g/mol. The van der Waals surface area contributed by atoms with Crippen molar-refractivity contribution in [3.63, 3.8) is 0 Å². The number of benzene rings is 1. The summed E-state index contributed by atoms with van der Waals surface area (Å²) in [6.45, 7) is 0. The highest BCUT2D eigenvalue weighted by molar-refractivity contribution is 5.89. The van der Waals surface area contributed by atoms with E-state index in [4.69, 9.17) is 4.74 Å². The summed E-state index contributed by atoms with van der Waals surface area (Å²) in [6.07, 6.45) is 1.87. The summed E-state index contributed by atoms with van der Waals surface area (Å²) in [4.78, 5) is 24.2. The molecule has 104 valence electrons. The topological polar surface area (TPSA) is 67.4 Å². The van der Waals surface area contributed by atoms with E-state index in [0.29, 0.717) is 5.92 Å². The third kappa shape index (κ3) is 1.62. The first-order valence-electron chi connectivity index (χ1n) is 7.05. The fourth-order valence-corrected chi connectivity index (χ4v) is 4.10. The first kappa shape index (κ1) is 11.8. The van der Waals surface area contributed by atoms with Gasteiger partial charge >= 0.3 is 5.97 Å². The Morgan fingerprint density at radius 1 is 1.20 bits per heavy atom. The van der Waals surface area contributed by atoms with Crippen molar-refractivity contribution in [1.29, 1.82) is 0 Å². The second-order valence-electron chi connectivity index (χ2n) is 5.90. The van der Waals surface area contributed by atoms with Crippen LogP contribution in [0.4, 0.5) is 5.69 Å². The molecule has 1 aromatic rings. The van der Waals surface area contributed by atoms with Crippen LogP contribution in [0.2, 0.25) is 0 Å². The molecule has 5 heteroatoms. The molecule has 2 bridgehead atoms. The molecule has 1 amide bonds. The summed E-state index contributed by atoms with van der Waals surface area (Å²) in [6, 6.07) is 9.45. The van der Waals surface area contributed by atoms with Gasteiger partial charge in [-0.3, -0.25) is 20.4 Å². The number of carbonyl (C=O) groups is 2. The van der Waals surface area contributed by atoms with Crippen LogP contribution in [0.5, 0.6) is 0 Å². The molecule has 3 aliphatic rings. The number of fused-ring (bicyclic) bond motifs is 1. The minimum atomic E-state index is -0.234. The van der Waals surface area contributed by atoms with E-state index in [2.05, 4.69) is 10.9 Å². The third-order valence-electron chi connectivity index (χ3n) is 4.89. The highest BCUT2D eigenvalue weighted by atomic mass is 16.6. The summed E-state index contributed by atoms with van der Waals surface area (Å²) < 4.78 is 5.34. The van der Waals surface area contributed by atoms with Crippen molar-refractivity contribution in [2.45, 2.75) is 18.9 Å². The number of amides is 1. The van der Waals surface area contributed by atoms with E-state index in [-0.39, 0.29) is 35.7 Å². The molecule has 3 fully saturated rings. The summed E-state index contributed by atoms with van der Waals surface area (Å²) in [5.74, 6) is -0.179. The standard InChI is InChI=1S/C15H16N2O3/c18-14(17-16-9-4-2-1-3-5-9)12-8-6-10-11(7-8)20-15(19)13(10)12/h1-5,8,10-13,16H,6-7H2,(H,17,18). The number of hydrogen-bond donors (Lipinski definition) is 2. The second kappa shape index (κ2) is 4.23. The quantitative estimate of drug-likeness (QED) is 0.643. The minimum absolute atomic E-state index is 0.0728. The minimum Gasteiger partial charge on any atom is -0.462 e. The zero-order valence-electron chi connectivity index (χ0n) is 10.9. The molecule has 1 saturated heterocycles. The lowest BCUT2D eigenvalue weighted by Crippen LogP contribution is -2.42. The van der Waals surface area contributed by atoms with Crippen LogP contribution in [0.25, 0.3) is 0 Å². The fraction of sp³-hybridized carbons (Fsp3) is 0.467. The van der Waals surface area contributed by atoms with Crippen LogP contribution in [0, 0.1) is 23.7 Å². The molecule has 1 aromatic carbocycles. The van der Waals surface area contributed by atoms with E-state index in [1.807, 2.05) is 30.3 Å². The number of ether oxygens (including phenoxy) is 1. The van der Waals surface area contributed by atoms with Crippen molar-refractivity contribution >= 4 is 17.6 Å². The number of carbonyl (C=O) groups excluding carboxylic acids is 2. The summed E-state index contributed by atoms with van der Waals surface area (Å²) in [5, 5.41) is 0. The maximum atomic E-state index is 12.4. The molecular formula is C15H16N2O3. The molecule has 5 atom stereocenters. The van der Waals surface area contributed by atoms with E-state index >= 15 is 0 Å². The number of hydrazine groups is 1. The Hall–Kier alpha value is -2.04. The first-order valence-corrected chi connectivity index (χ1v) is 7.05. The fourth-order valence-electron chi connectivity index (χ4n) is 4.10. The van der Waals surface area contributed by atoms with Crippen LogP contribution in [-0.2, 0) is 14.3 Å². The van der Waals surface area contributed by atoms with Crippen molar-refractivity contribution < 1.29 is 14.3 Å². The Morgan fingerprint density at radius 2 is 2.00 bits per heavy atom. The Bertz CT molecular complexity index is 557. The maximum absolute atomic E-state index is 12.4. The third-order valence-corrected chi connectivity index (χ3v) is 4.89. The van der Waals surface area contributed by atoms with Gasteiger partial charge in [0.1, 0.15) is 6.10 Å². The number of para-hydroxylation sites is 1. The van der Waals surface area contributed by atoms with Crippen molar-refractivity contribution in [3.05, 3.63) is 30.3 Å². The summed E-state index contributed by atoms with van der Waals surface area (Å²) in [7, 11) is 0. The highest BCUT2D eigenvalue weighted by Gasteiger charge is 2.63. The highest BCUT2D eigenvalue weighted by Crippen LogP contribution is 2.57. The second-order valence-corrected chi connectivity index (χ2v) is 5.90. The molecule has 2 aliphatic carbocycles. The van der Waals surface area contributed by atoms with Crippen molar-refractivity contribution in [3.8, 4) is 0 Å². The molecule has 5 unspecified atom stereocenters. The van der Waals surface area contributed by atoms with Gasteiger partial charge in [-0.15, -0.1) is 0 Å². The van der Waals surface area contributed by atoms with Gasteiger partial charge in [0.05, 0.1) is 17.5 Å². The molecule has 4 rings (SSSR count). The van der Waals surface area contributed by atoms with Gasteiger partial charge in [-0.1, -0.05) is 18.2 Å². The van der Waals surface area contributed by atoms with Gasteiger partial charge in [0, 0.05) is 5.92 Å². The van der Waals surface area contributed by atoms with Crippen molar-refractivity contribution in [1.82, 2.24) is 5.43 Å². The molecule has 2 N–H and O–H groups in total. The zero-order chi connectivity index (χ0) is 13.7. The molecule has 0 radical (unpaired) electrons. The van der Waals surface area contributed by atoms with Crippen LogP contribution in [0.15, 0.2) is 30.3 Å². The molecule has 0 spiro atoms. The lowest BCUT2D eigenvalue weighted by molar-refractivity contribution is -0.145. The van der Waals surface area contributed by atoms with Gasteiger partial charge < -0.3 is 4.74 Å². The summed E-state index contributed by atoms with van der Waals surface area (Å²) in [5.41, 5.74) is 6.46. The molecule has 5 nitrogen and oxygen atoms in total. The van der Waals surface area contributed by atoms with E-state index < -0.39 is 0 Å². The maximum Gasteiger partial charge on any atom is 0.310 e. The lowest BCUT2D eigenvalue weighted by atomic mass is 9.79. The molecule has 2 saturated carbocycles. The molecule has 20 heavy (non-hydrogen) atoms. The summed E-state index contributed by atoms with van der Waals surface area (Å²) >= 11 is 0. The lowest BCUT2D eigenvalue weighted by Gasteiger charge is -2.23. The number of nitrogens with one attached hydrogen (secondary N) is 2. The van der Waals surface area contributed by atoms with Crippen LogP contribution >= 0.6 is 0 Å². The molecule has 1 aliphatic heterocycles. The van der Waals surface area contributed by atoms with Gasteiger partial charge in [-0.2, -0.15) is 0 Å². The zero-order valence-corrected chi connectivity index (χ0v) is 10.9.